The van der Waals surface area contributed by atoms with Crippen molar-refractivity contribution in [3.8, 4) is 0 Å². The first-order valence-electron chi connectivity index (χ1n) is 10.6. The van der Waals surface area contributed by atoms with Crippen molar-refractivity contribution in [3.05, 3.63) is 42.7 Å². The highest BCUT2D eigenvalue weighted by Crippen LogP contribution is 2.40. The molecular weight excluding hydrogens is 450 g/mol. The van der Waals surface area contributed by atoms with Crippen LogP contribution in [0.4, 0.5) is 5.69 Å². The molecule has 1 saturated carbocycles. The molecule has 11 heteroatoms. The molecule has 9 nitrogen and oxygen atoms in total. The Kier molecular flexibility index (Phi) is 6.99. The molecule has 1 amide bonds. The van der Waals surface area contributed by atoms with Crippen LogP contribution in [0.5, 0.6) is 0 Å². The number of ether oxygens (including phenoxy) is 1. The first kappa shape index (κ1) is 23.0. The molecule has 2 heterocycles. The van der Waals surface area contributed by atoms with E-state index in [1.54, 1.807) is 25.1 Å². The van der Waals surface area contributed by atoms with Crippen molar-refractivity contribution in [2.24, 2.45) is 0 Å². The van der Waals surface area contributed by atoms with Gasteiger partial charge in [0.15, 0.2) is 5.16 Å². The molecule has 1 aliphatic heterocycles. The van der Waals surface area contributed by atoms with Gasteiger partial charge in [-0.2, -0.15) is 4.31 Å². The number of allylic oxidation sites excluding steroid dienone is 1. The molecule has 2 aliphatic rings. The first-order chi connectivity index (χ1) is 15.4. The van der Waals surface area contributed by atoms with Crippen LogP contribution in [0, 0.1) is 0 Å². The number of benzene rings is 1. The minimum absolute atomic E-state index is 0.150. The molecule has 0 spiro atoms. The number of carbonyl (C=O) groups is 1. The van der Waals surface area contributed by atoms with Gasteiger partial charge >= 0.3 is 0 Å². The highest BCUT2D eigenvalue weighted by Gasteiger charge is 2.31. The zero-order valence-electron chi connectivity index (χ0n) is 17.9. The molecule has 172 valence electrons. The van der Waals surface area contributed by atoms with Crippen LogP contribution in [-0.4, -0.2) is 64.9 Å². The Bertz CT molecular complexity index is 1090. The summed E-state index contributed by atoms with van der Waals surface area (Å²) in [7, 11) is -3.63. The van der Waals surface area contributed by atoms with Crippen molar-refractivity contribution in [3.63, 3.8) is 0 Å². The molecule has 2 aromatic rings. The van der Waals surface area contributed by atoms with Crippen LogP contribution in [-0.2, 0) is 26.1 Å². The fourth-order valence-electron chi connectivity index (χ4n) is 3.46. The Morgan fingerprint density at radius 3 is 2.78 bits per heavy atom. The fourth-order valence-corrected chi connectivity index (χ4v) is 5.78. The lowest BCUT2D eigenvalue weighted by atomic mass is 10.3. The van der Waals surface area contributed by atoms with Crippen molar-refractivity contribution in [1.82, 2.24) is 19.1 Å². The number of sulfonamides is 1. The number of nitrogens with one attached hydrogen (secondary N) is 1. The molecule has 1 unspecified atom stereocenters. The Morgan fingerprint density at radius 2 is 2.09 bits per heavy atom. The third-order valence-electron chi connectivity index (χ3n) is 5.36. The third kappa shape index (κ3) is 5.06. The van der Waals surface area contributed by atoms with Crippen molar-refractivity contribution < 1.29 is 17.9 Å². The van der Waals surface area contributed by atoms with Gasteiger partial charge in [-0.25, -0.2) is 8.42 Å². The number of thioether (sulfide) groups is 1. The topological polar surface area (TPSA) is 106 Å². The van der Waals surface area contributed by atoms with E-state index in [2.05, 4.69) is 22.1 Å². The van der Waals surface area contributed by atoms with Gasteiger partial charge in [0.2, 0.25) is 15.9 Å². The maximum Gasteiger partial charge on any atom is 0.243 e. The smallest absolute Gasteiger partial charge is 0.243 e. The summed E-state index contributed by atoms with van der Waals surface area (Å²) < 4.78 is 34.4. The second-order valence-electron chi connectivity index (χ2n) is 7.81. The Balaban J connectivity index is 1.44. The van der Waals surface area contributed by atoms with Gasteiger partial charge in [0.05, 0.1) is 23.4 Å². The molecule has 1 N–H and O–H groups in total. The molecule has 1 saturated heterocycles. The number of nitrogens with zero attached hydrogens (tertiary/aromatic N) is 4. The number of anilines is 1. The number of morpholine rings is 1. The van der Waals surface area contributed by atoms with E-state index in [1.807, 2.05) is 4.57 Å². The van der Waals surface area contributed by atoms with Crippen LogP contribution >= 0.6 is 11.8 Å². The molecule has 0 radical (unpaired) electrons. The normalized spacial score (nSPS) is 18.3. The molecule has 1 aromatic heterocycles. The van der Waals surface area contributed by atoms with Crippen LogP contribution in [0.25, 0.3) is 0 Å². The van der Waals surface area contributed by atoms with E-state index in [4.69, 9.17) is 4.74 Å². The summed E-state index contributed by atoms with van der Waals surface area (Å²) in [4.78, 5) is 13.0. The van der Waals surface area contributed by atoms with Gasteiger partial charge in [-0.05, 0) is 38.0 Å². The zero-order valence-corrected chi connectivity index (χ0v) is 19.6. The Hall–Kier alpha value is -2.21. The maximum atomic E-state index is 12.9. The number of aromatic nitrogens is 3. The minimum atomic E-state index is -3.63. The Labute approximate surface area is 192 Å². The number of hydrogen-bond donors (Lipinski definition) is 1. The maximum absolute atomic E-state index is 12.9. The highest BCUT2D eigenvalue weighted by molar-refractivity contribution is 8.00. The van der Waals surface area contributed by atoms with E-state index >= 15 is 0 Å². The van der Waals surface area contributed by atoms with E-state index in [-0.39, 0.29) is 10.8 Å². The molecule has 4 rings (SSSR count). The Morgan fingerprint density at radius 1 is 1.34 bits per heavy atom. The quantitative estimate of drug-likeness (QED) is 0.437. The molecule has 32 heavy (non-hydrogen) atoms. The van der Waals surface area contributed by atoms with Crippen LogP contribution in [0.1, 0.15) is 31.5 Å². The largest absolute Gasteiger partial charge is 0.379 e. The average molecular weight is 478 g/mol. The van der Waals surface area contributed by atoms with Gasteiger partial charge in [0.1, 0.15) is 5.82 Å². The SMILES string of the molecule is C=CCn1c(SC(C)C(=O)Nc2cccc(S(=O)(=O)N3CCOCC3)c2)nnc1C1CC1. The number of carbonyl (C=O) groups excluding carboxylic acids is 1. The van der Waals surface area contributed by atoms with E-state index in [0.29, 0.717) is 49.6 Å². The van der Waals surface area contributed by atoms with Crippen LogP contribution in [0.2, 0.25) is 0 Å². The lowest BCUT2D eigenvalue weighted by molar-refractivity contribution is -0.115. The summed E-state index contributed by atoms with van der Waals surface area (Å²) in [6, 6.07) is 6.34. The summed E-state index contributed by atoms with van der Waals surface area (Å²) in [6.45, 7) is 7.59. The van der Waals surface area contributed by atoms with Gasteiger partial charge < -0.3 is 14.6 Å². The van der Waals surface area contributed by atoms with Crippen LogP contribution in [0.3, 0.4) is 0 Å². The van der Waals surface area contributed by atoms with E-state index in [0.717, 1.165) is 18.7 Å². The molecule has 2 fully saturated rings. The first-order valence-corrected chi connectivity index (χ1v) is 12.9. The summed E-state index contributed by atoms with van der Waals surface area (Å²) in [5.74, 6) is 1.15. The fraction of sp³-hybridized carbons (Fsp3) is 0.476. The monoisotopic (exact) mass is 477 g/mol. The van der Waals surface area contributed by atoms with Crippen molar-refractivity contribution in [2.75, 3.05) is 31.6 Å². The highest BCUT2D eigenvalue weighted by atomic mass is 32.2. The van der Waals surface area contributed by atoms with Crippen molar-refractivity contribution in [1.29, 1.82) is 0 Å². The summed E-state index contributed by atoms with van der Waals surface area (Å²) in [5.41, 5.74) is 0.433. The van der Waals surface area contributed by atoms with Gasteiger partial charge in [0, 0.05) is 31.2 Å². The third-order valence-corrected chi connectivity index (χ3v) is 8.34. The minimum Gasteiger partial charge on any atom is -0.379 e. The summed E-state index contributed by atoms with van der Waals surface area (Å²) in [6.07, 6.45) is 4.02. The standard InChI is InChI=1S/C21H27N5O4S2/c1-3-9-26-19(16-7-8-16)23-24-21(26)31-15(2)20(27)22-17-5-4-6-18(14-17)32(28,29)25-10-12-30-13-11-25/h3-6,14-16H,1,7-13H2,2H3,(H,22,27). The van der Waals surface area contributed by atoms with Crippen molar-refractivity contribution >= 4 is 33.4 Å². The van der Waals surface area contributed by atoms with E-state index in [9.17, 15) is 13.2 Å². The molecule has 1 aliphatic carbocycles. The van der Waals surface area contributed by atoms with Gasteiger partial charge in [-0.3, -0.25) is 4.79 Å². The predicted molar refractivity (Wildman–Crippen MR) is 122 cm³/mol. The average Bonchev–Trinajstić information content (AvgIpc) is 3.57. The number of rotatable bonds is 9. The van der Waals surface area contributed by atoms with Gasteiger partial charge in [-0.1, -0.05) is 23.9 Å². The summed E-state index contributed by atoms with van der Waals surface area (Å²) in [5, 5.41) is 11.6. The van der Waals surface area contributed by atoms with E-state index < -0.39 is 15.3 Å². The number of amides is 1. The second-order valence-corrected chi connectivity index (χ2v) is 11.1. The lowest BCUT2D eigenvalue weighted by Crippen LogP contribution is -2.40. The molecule has 0 bridgehead atoms. The van der Waals surface area contributed by atoms with E-state index in [1.165, 1.54) is 28.2 Å². The van der Waals surface area contributed by atoms with Crippen molar-refractivity contribution in [2.45, 2.75) is 47.5 Å². The van der Waals surface area contributed by atoms with Crippen LogP contribution < -0.4 is 5.32 Å². The molecular formula is C21H27N5O4S2. The summed E-state index contributed by atoms with van der Waals surface area (Å²) >= 11 is 1.33. The van der Waals surface area contributed by atoms with Crippen LogP contribution in [0.15, 0.2) is 47.0 Å². The number of hydrogen-bond acceptors (Lipinski definition) is 7. The second kappa shape index (κ2) is 9.74. The molecule has 1 atom stereocenters. The van der Waals surface area contributed by atoms with Gasteiger partial charge in [-0.15, -0.1) is 16.8 Å². The zero-order chi connectivity index (χ0) is 22.7. The van der Waals surface area contributed by atoms with Gasteiger partial charge in [0.25, 0.3) is 0 Å². The lowest BCUT2D eigenvalue weighted by Gasteiger charge is -2.26. The predicted octanol–water partition coefficient (Wildman–Crippen LogP) is 2.48. The molecule has 1 aromatic carbocycles.